The molecule has 3 aromatic rings. The smallest absolute Gasteiger partial charge is 0.244 e. The topological polar surface area (TPSA) is 86.8 Å². The van der Waals surface area contributed by atoms with E-state index in [4.69, 9.17) is 0 Å². The third kappa shape index (κ3) is 8.93. The summed E-state index contributed by atoms with van der Waals surface area (Å²) >= 11 is 3.44. The average Bonchev–Trinajstić information content (AvgIpc) is 2.84. The van der Waals surface area contributed by atoms with E-state index in [1.807, 2.05) is 88.4 Å². The molecule has 0 heterocycles. The second kappa shape index (κ2) is 13.3. The molecule has 0 aliphatic heterocycles. The fourth-order valence-electron chi connectivity index (χ4n) is 4.43. The van der Waals surface area contributed by atoms with Gasteiger partial charge in [-0.25, -0.2) is 8.42 Å². The minimum absolute atomic E-state index is 0.136. The highest BCUT2D eigenvalue weighted by Gasteiger charge is 2.33. The summed E-state index contributed by atoms with van der Waals surface area (Å²) < 4.78 is 27.8. The predicted molar refractivity (Wildman–Crippen MR) is 160 cm³/mol. The number of halogens is 1. The van der Waals surface area contributed by atoms with Gasteiger partial charge in [0.05, 0.1) is 11.9 Å². The molecule has 3 aromatic carbocycles. The summed E-state index contributed by atoms with van der Waals surface area (Å²) in [5, 5.41) is 2.95. The maximum atomic E-state index is 14.1. The molecule has 2 amide bonds. The number of sulfonamides is 1. The molecule has 1 N–H and O–H groups in total. The van der Waals surface area contributed by atoms with Crippen LogP contribution in [-0.4, -0.2) is 50.0 Å². The van der Waals surface area contributed by atoms with Crippen LogP contribution in [0, 0.1) is 13.8 Å². The molecule has 1 atom stereocenters. The molecular weight excluding hydrogens is 578 g/mol. The molecule has 0 fully saturated rings. The van der Waals surface area contributed by atoms with Crippen LogP contribution >= 0.6 is 15.9 Å². The van der Waals surface area contributed by atoms with E-state index >= 15 is 0 Å². The summed E-state index contributed by atoms with van der Waals surface area (Å²) in [6, 6.07) is 21.4. The van der Waals surface area contributed by atoms with Crippen LogP contribution in [0.25, 0.3) is 0 Å². The highest BCUT2D eigenvalue weighted by Crippen LogP contribution is 2.23. The van der Waals surface area contributed by atoms with Crippen molar-refractivity contribution in [2.45, 2.75) is 52.7 Å². The maximum Gasteiger partial charge on any atom is 0.244 e. The van der Waals surface area contributed by atoms with E-state index in [1.54, 1.807) is 12.1 Å². The van der Waals surface area contributed by atoms with Crippen molar-refractivity contribution in [1.82, 2.24) is 10.2 Å². The second-order valence-corrected chi connectivity index (χ2v) is 13.0. The van der Waals surface area contributed by atoms with Gasteiger partial charge in [0, 0.05) is 23.5 Å². The number of rotatable bonds is 11. The van der Waals surface area contributed by atoms with Crippen LogP contribution in [0.3, 0.4) is 0 Å². The number of benzene rings is 3. The van der Waals surface area contributed by atoms with Gasteiger partial charge in [0.1, 0.15) is 12.6 Å². The largest absolute Gasteiger partial charge is 0.352 e. The molecule has 7 nitrogen and oxygen atoms in total. The Balaban J connectivity index is 2.06. The lowest BCUT2D eigenvalue weighted by Crippen LogP contribution is -2.54. The van der Waals surface area contributed by atoms with E-state index in [0.717, 1.165) is 37.3 Å². The van der Waals surface area contributed by atoms with Gasteiger partial charge in [-0.1, -0.05) is 64.5 Å². The average molecular weight is 615 g/mol. The zero-order chi connectivity index (χ0) is 28.7. The van der Waals surface area contributed by atoms with Gasteiger partial charge in [0.15, 0.2) is 0 Å². The van der Waals surface area contributed by atoms with Gasteiger partial charge in [-0.05, 0) is 74.2 Å². The van der Waals surface area contributed by atoms with Crippen molar-refractivity contribution in [2.24, 2.45) is 0 Å². The molecule has 0 aromatic heterocycles. The van der Waals surface area contributed by atoms with Crippen molar-refractivity contribution in [1.29, 1.82) is 0 Å². The first-order chi connectivity index (χ1) is 18.3. The van der Waals surface area contributed by atoms with Gasteiger partial charge >= 0.3 is 0 Å². The van der Waals surface area contributed by atoms with Crippen molar-refractivity contribution in [3.63, 3.8) is 0 Å². The Morgan fingerprint density at radius 1 is 0.897 bits per heavy atom. The predicted octanol–water partition coefficient (Wildman–Crippen LogP) is 5.00. The number of carbonyl (C=O) groups excluding carboxylic acids is 2. The normalized spacial score (nSPS) is 12.2. The fourth-order valence-corrected chi connectivity index (χ4v) is 5.53. The van der Waals surface area contributed by atoms with E-state index in [0.29, 0.717) is 5.69 Å². The summed E-state index contributed by atoms with van der Waals surface area (Å²) in [4.78, 5) is 29.1. The van der Waals surface area contributed by atoms with Gasteiger partial charge in [0.25, 0.3) is 0 Å². The minimum atomic E-state index is -3.80. The van der Waals surface area contributed by atoms with E-state index in [1.165, 1.54) is 4.90 Å². The summed E-state index contributed by atoms with van der Waals surface area (Å²) in [7, 11) is -3.80. The number of nitrogens with one attached hydrogen (secondary N) is 1. The molecule has 0 saturated heterocycles. The van der Waals surface area contributed by atoms with Crippen LogP contribution in [0.15, 0.2) is 77.3 Å². The molecule has 0 bridgehead atoms. The summed E-state index contributed by atoms with van der Waals surface area (Å²) in [5.41, 5.74) is 3.90. The standard InChI is InChI=1S/C30H36BrN3O4S/c1-21(2)32-30(36)28(18-24-9-7-6-8-10-24)33(19-25-11-13-26(31)14-12-25)29(35)20-34(39(5,37)38)27-16-22(3)15-23(4)17-27/h6-17,21,28H,18-20H2,1-5H3,(H,32,36)/t28-/m1/s1. The van der Waals surface area contributed by atoms with Crippen molar-refractivity contribution in [2.75, 3.05) is 17.1 Å². The maximum absolute atomic E-state index is 14.1. The Labute approximate surface area is 240 Å². The molecule has 0 spiro atoms. The van der Waals surface area contributed by atoms with Crippen molar-refractivity contribution in [3.8, 4) is 0 Å². The summed E-state index contributed by atoms with van der Waals surface area (Å²) in [6.07, 6.45) is 1.37. The van der Waals surface area contributed by atoms with Gasteiger partial charge in [0.2, 0.25) is 21.8 Å². The van der Waals surface area contributed by atoms with Crippen LogP contribution in [0.1, 0.15) is 36.1 Å². The van der Waals surface area contributed by atoms with E-state index in [2.05, 4.69) is 21.2 Å². The number of carbonyl (C=O) groups is 2. The third-order valence-corrected chi connectivity index (χ3v) is 7.81. The molecule has 208 valence electrons. The summed E-state index contributed by atoms with van der Waals surface area (Å²) in [6.45, 7) is 7.20. The number of amides is 2. The zero-order valence-electron chi connectivity index (χ0n) is 23.0. The van der Waals surface area contributed by atoms with Crippen LogP contribution in [-0.2, 0) is 32.6 Å². The Kier molecular flexibility index (Phi) is 10.3. The second-order valence-electron chi connectivity index (χ2n) is 10.1. The first-order valence-electron chi connectivity index (χ1n) is 12.8. The Hall–Kier alpha value is -3.17. The fraction of sp³-hybridized carbons (Fsp3) is 0.333. The lowest BCUT2D eigenvalue weighted by atomic mass is 10.0. The number of nitrogens with zero attached hydrogens (tertiary/aromatic N) is 2. The quantitative estimate of drug-likeness (QED) is 0.330. The van der Waals surface area contributed by atoms with E-state index in [9.17, 15) is 18.0 Å². The Morgan fingerprint density at radius 2 is 1.49 bits per heavy atom. The molecule has 3 rings (SSSR count). The van der Waals surface area contributed by atoms with E-state index in [-0.39, 0.29) is 24.9 Å². The minimum Gasteiger partial charge on any atom is -0.352 e. The zero-order valence-corrected chi connectivity index (χ0v) is 25.4. The monoisotopic (exact) mass is 613 g/mol. The van der Waals surface area contributed by atoms with Crippen molar-refractivity contribution in [3.05, 3.63) is 99.5 Å². The third-order valence-electron chi connectivity index (χ3n) is 6.14. The number of hydrogen-bond acceptors (Lipinski definition) is 4. The number of aryl methyl sites for hydroxylation is 2. The lowest BCUT2D eigenvalue weighted by molar-refractivity contribution is -0.140. The van der Waals surface area contributed by atoms with Crippen LogP contribution in [0.2, 0.25) is 0 Å². The van der Waals surface area contributed by atoms with Crippen molar-refractivity contribution < 1.29 is 18.0 Å². The molecular formula is C30H36BrN3O4S. The molecule has 0 radical (unpaired) electrons. The lowest BCUT2D eigenvalue weighted by Gasteiger charge is -2.34. The van der Waals surface area contributed by atoms with Crippen LogP contribution in [0.4, 0.5) is 5.69 Å². The highest BCUT2D eigenvalue weighted by molar-refractivity contribution is 9.10. The number of hydrogen-bond donors (Lipinski definition) is 1. The molecule has 39 heavy (non-hydrogen) atoms. The first kappa shape index (κ1) is 30.4. The molecule has 0 aliphatic rings. The van der Waals surface area contributed by atoms with Gasteiger partial charge in [-0.3, -0.25) is 13.9 Å². The molecule has 9 heteroatoms. The summed E-state index contributed by atoms with van der Waals surface area (Å²) in [5.74, 6) is -0.765. The molecule has 0 saturated carbocycles. The highest BCUT2D eigenvalue weighted by atomic mass is 79.9. The Bertz CT molecular complexity index is 1370. The first-order valence-corrected chi connectivity index (χ1v) is 15.4. The molecule has 0 unspecified atom stereocenters. The SMILES string of the molecule is Cc1cc(C)cc(N(CC(=O)N(Cc2ccc(Br)cc2)[C@H](Cc2ccccc2)C(=O)NC(C)C)S(C)(=O)=O)c1. The van der Waals surface area contributed by atoms with Crippen molar-refractivity contribution >= 4 is 43.5 Å². The Morgan fingerprint density at radius 3 is 2.03 bits per heavy atom. The van der Waals surface area contributed by atoms with Gasteiger partial charge < -0.3 is 10.2 Å². The van der Waals surface area contributed by atoms with Gasteiger partial charge in [-0.15, -0.1) is 0 Å². The van der Waals surface area contributed by atoms with E-state index < -0.39 is 28.5 Å². The van der Waals surface area contributed by atoms with Crippen LogP contribution < -0.4 is 9.62 Å². The molecule has 0 aliphatic carbocycles. The number of anilines is 1. The van der Waals surface area contributed by atoms with Crippen LogP contribution in [0.5, 0.6) is 0 Å². The van der Waals surface area contributed by atoms with Gasteiger partial charge in [-0.2, -0.15) is 0 Å².